The normalized spacial score (nSPS) is 12.5. The van der Waals surface area contributed by atoms with Crippen LogP contribution in [0.3, 0.4) is 0 Å². The summed E-state index contributed by atoms with van der Waals surface area (Å²) in [5.74, 6) is 1.60. The number of nitrogens with zero attached hydrogens (tertiary/aromatic N) is 1. The Morgan fingerprint density at radius 1 is 0.431 bits per heavy atom. The first-order chi connectivity index (χ1) is 28.6. The highest BCUT2D eigenvalue weighted by Gasteiger charge is 2.10. The number of hydrogen-bond donors (Lipinski definition) is 1. The number of aldehydes is 1. The van der Waals surface area contributed by atoms with Gasteiger partial charge in [-0.15, -0.1) is 0 Å². The number of aliphatic hydroxyl groups excluding tert-OH is 1. The fourth-order valence-corrected chi connectivity index (χ4v) is 8.38. The van der Waals surface area contributed by atoms with E-state index in [1.165, 1.54) is 231 Å². The second-order valence-electron chi connectivity index (χ2n) is 18.2. The average molecular weight is 824 g/mol. The van der Waals surface area contributed by atoms with Crippen molar-refractivity contribution < 1.29 is 19.4 Å². The Kier molecular flexibility index (Phi) is 56.0. The maximum Gasteiger partial charge on any atom is 0.119 e. The summed E-state index contributed by atoms with van der Waals surface area (Å²) in [5.41, 5.74) is 0. The van der Waals surface area contributed by atoms with Gasteiger partial charge in [0.1, 0.15) is 6.29 Å². The fourth-order valence-electron chi connectivity index (χ4n) is 8.38. The zero-order valence-corrected chi connectivity index (χ0v) is 40.7. The van der Waals surface area contributed by atoms with E-state index >= 15 is 0 Å². The van der Waals surface area contributed by atoms with Gasteiger partial charge in [0.25, 0.3) is 0 Å². The van der Waals surface area contributed by atoms with Gasteiger partial charge in [0.2, 0.25) is 0 Å². The molecule has 350 valence electrons. The molecule has 0 aromatic rings. The van der Waals surface area contributed by atoms with E-state index in [1.807, 2.05) is 7.11 Å². The van der Waals surface area contributed by atoms with Gasteiger partial charge in [0.05, 0.1) is 0 Å². The molecule has 0 fully saturated rings. The predicted octanol–water partition coefficient (Wildman–Crippen LogP) is 16.3. The van der Waals surface area contributed by atoms with E-state index in [2.05, 4.69) is 32.6 Å². The summed E-state index contributed by atoms with van der Waals surface area (Å²) < 4.78 is 11.5. The number of carbonyl (C=O) groups is 1. The number of carbonyl (C=O) groups excluding carboxylic acids is 1. The molecule has 0 aliphatic carbocycles. The lowest BCUT2D eigenvalue weighted by Gasteiger charge is -2.22. The van der Waals surface area contributed by atoms with Crippen LogP contribution < -0.4 is 0 Å². The van der Waals surface area contributed by atoms with Gasteiger partial charge in [0.15, 0.2) is 0 Å². The smallest absolute Gasteiger partial charge is 0.119 e. The molecule has 0 aromatic carbocycles. The third-order valence-corrected chi connectivity index (χ3v) is 12.3. The molecule has 0 aliphatic heterocycles. The summed E-state index contributed by atoms with van der Waals surface area (Å²) in [6.45, 7) is 15.9. The van der Waals surface area contributed by atoms with Gasteiger partial charge in [0, 0.05) is 40.0 Å². The van der Waals surface area contributed by atoms with Gasteiger partial charge in [-0.05, 0) is 95.7 Å². The maximum absolute atomic E-state index is 10.4. The molecule has 0 spiro atoms. The molecule has 0 heterocycles. The molecule has 5 nitrogen and oxygen atoms in total. The minimum atomic E-state index is 0.313. The quantitative estimate of drug-likeness (QED) is 0.0489. The van der Waals surface area contributed by atoms with Gasteiger partial charge in [-0.1, -0.05) is 201 Å². The van der Waals surface area contributed by atoms with Crippen LogP contribution in [0, 0.1) is 11.8 Å². The molecular weight excluding hydrogens is 715 g/mol. The van der Waals surface area contributed by atoms with E-state index in [0.717, 1.165) is 70.2 Å². The van der Waals surface area contributed by atoms with E-state index in [1.54, 1.807) is 0 Å². The van der Waals surface area contributed by atoms with Crippen LogP contribution >= 0.6 is 0 Å². The molecule has 0 aliphatic rings. The highest BCUT2D eigenvalue weighted by molar-refractivity contribution is 5.48. The Bertz CT molecular complexity index is 720. The summed E-state index contributed by atoms with van der Waals surface area (Å²) in [6, 6.07) is 0. The molecule has 2 unspecified atom stereocenters. The number of methoxy groups -OCH3 is 1. The lowest BCUT2D eigenvalue weighted by Crippen LogP contribution is -2.27. The SMILES string of the molecule is CCCCCCCCC(CCCCCC)COC.CCCCCCCCC(CCCCCC)COCCCCCCCCN(CCCCO)CCCCCCCC=O. The lowest BCUT2D eigenvalue weighted by atomic mass is 9.95. The van der Waals surface area contributed by atoms with Crippen molar-refractivity contribution in [3.63, 3.8) is 0 Å². The third kappa shape index (κ3) is 49.9. The topological polar surface area (TPSA) is 59.0 Å². The van der Waals surface area contributed by atoms with Crippen LogP contribution in [0.15, 0.2) is 0 Å². The van der Waals surface area contributed by atoms with Crippen LogP contribution in [0.5, 0.6) is 0 Å². The number of rotatable bonds is 49. The highest BCUT2D eigenvalue weighted by Crippen LogP contribution is 2.21. The monoisotopic (exact) mass is 824 g/mol. The first kappa shape index (κ1) is 59.6. The average Bonchev–Trinajstić information content (AvgIpc) is 3.23. The van der Waals surface area contributed by atoms with E-state index < -0.39 is 0 Å². The second-order valence-corrected chi connectivity index (χ2v) is 18.2. The van der Waals surface area contributed by atoms with Crippen molar-refractivity contribution in [2.24, 2.45) is 11.8 Å². The van der Waals surface area contributed by atoms with Crippen molar-refractivity contribution in [2.75, 3.05) is 53.2 Å². The molecular formula is C53H109NO4. The summed E-state index contributed by atoms with van der Waals surface area (Å²) in [6.07, 6.45) is 51.1. The minimum Gasteiger partial charge on any atom is -0.396 e. The third-order valence-electron chi connectivity index (χ3n) is 12.3. The number of ether oxygens (including phenoxy) is 2. The van der Waals surface area contributed by atoms with Gasteiger partial charge in [-0.3, -0.25) is 0 Å². The molecule has 0 saturated carbocycles. The molecule has 58 heavy (non-hydrogen) atoms. The van der Waals surface area contributed by atoms with E-state index in [9.17, 15) is 4.79 Å². The Balaban J connectivity index is 0. The Hall–Kier alpha value is -0.490. The fraction of sp³-hybridized carbons (Fsp3) is 0.981. The number of aliphatic hydroxyl groups is 1. The van der Waals surface area contributed by atoms with Gasteiger partial charge >= 0.3 is 0 Å². The molecule has 0 amide bonds. The predicted molar refractivity (Wildman–Crippen MR) is 257 cm³/mol. The van der Waals surface area contributed by atoms with E-state index in [4.69, 9.17) is 14.6 Å². The first-order valence-electron chi connectivity index (χ1n) is 26.5. The van der Waals surface area contributed by atoms with E-state index in [-0.39, 0.29) is 0 Å². The van der Waals surface area contributed by atoms with Crippen molar-refractivity contribution in [3.05, 3.63) is 0 Å². The molecule has 5 heteroatoms. The van der Waals surface area contributed by atoms with Crippen molar-refractivity contribution in [1.82, 2.24) is 4.90 Å². The molecule has 0 bridgehead atoms. The Labute approximate surface area is 366 Å². The van der Waals surface area contributed by atoms with Crippen LogP contribution in [0.4, 0.5) is 0 Å². The zero-order valence-electron chi connectivity index (χ0n) is 40.7. The van der Waals surface area contributed by atoms with Crippen LogP contribution in [-0.2, 0) is 14.3 Å². The maximum atomic E-state index is 10.4. The molecule has 0 aromatic heterocycles. The molecule has 1 N–H and O–H groups in total. The first-order valence-corrected chi connectivity index (χ1v) is 26.5. The largest absolute Gasteiger partial charge is 0.396 e. The molecule has 0 saturated heterocycles. The van der Waals surface area contributed by atoms with Gasteiger partial charge in [-0.25, -0.2) is 0 Å². The van der Waals surface area contributed by atoms with Crippen LogP contribution in [-0.4, -0.2) is 69.5 Å². The van der Waals surface area contributed by atoms with E-state index in [0.29, 0.717) is 6.61 Å². The Morgan fingerprint density at radius 3 is 1.19 bits per heavy atom. The van der Waals surface area contributed by atoms with Crippen molar-refractivity contribution >= 4 is 6.29 Å². The summed E-state index contributed by atoms with van der Waals surface area (Å²) in [4.78, 5) is 13.1. The van der Waals surface area contributed by atoms with Gasteiger partial charge in [-0.2, -0.15) is 0 Å². The second kappa shape index (κ2) is 54.5. The summed E-state index contributed by atoms with van der Waals surface area (Å²) >= 11 is 0. The Morgan fingerprint density at radius 2 is 0.776 bits per heavy atom. The van der Waals surface area contributed by atoms with Crippen LogP contribution in [0.1, 0.15) is 272 Å². The number of unbranched alkanes of at least 4 members (excludes halogenated alkanes) is 27. The standard InChI is InChI=1S/C36H73NO3.C17H36O/c1-3-5-7-9-14-20-28-36(27-19-8-6-4-2)35-40-34-26-18-13-11-16-22-30-37(31-23-25-33-39)29-21-15-10-12-17-24-32-38;1-4-6-8-10-11-13-15-17(16-18-3)14-12-9-7-5-2/h32,36,39H,3-31,33-35H2,1-2H3;17H,4-16H2,1-3H3. The van der Waals surface area contributed by atoms with Gasteiger partial charge < -0.3 is 24.3 Å². The zero-order chi connectivity index (χ0) is 42.7. The minimum absolute atomic E-state index is 0.313. The number of hydrogen-bond acceptors (Lipinski definition) is 5. The summed E-state index contributed by atoms with van der Waals surface area (Å²) in [7, 11) is 1.85. The molecule has 0 radical (unpaired) electrons. The molecule has 0 rings (SSSR count). The molecule has 2 atom stereocenters. The lowest BCUT2D eigenvalue weighted by molar-refractivity contribution is -0.107. The summed E-state index contributed by atoms with van der Waals surface area (Å²) in [5, 5.41) is 9.14. The van der Waals surface area contributed by atoms with Crippen LogP contribution in [0.2, 0.25) is 0 Å². The van der Waals surface area contributed by atoms with Crippen LogP contribution in [0.25, 0.3) is 0 Å². The van der Waals surface area contributed by atoms with Crippen molar-refractivity contribution in [3.8, 4) is 0 Å². The highest BCUT2D eigenvalue weighted by atomic mass is 16.5. The van der Waals surface area contributed by atoms with Crippen molar-refractivity contribution in [2.45, 2.75) is 272 Å². The van der Waals surface area contributed by atoms with Crippen molar-refractivity contribution in [1.29, 1.82) is 0 Å².